The first kappa shape index (κ1) is 11.6. The second-order valence-corrected chi connectivity index (χ2v) is 4.50. The van der Waals surface area contributed by atoms with Gasteiger partial charge < -0.3 is 10.6 Å². The maximum atomic E-state index is 11.1. The molecular weight excluding hydrogens is 234 g/mol. The lowest BCUT2D eigenvalue weighted by atomic mass is 10.2. The van der Waals surface area contributed by atoms with Crippen LogP contribution in [0.15, 0.2) is 41.9 Å². The molecule has 0 bridgehead atoms. The van der Waals surface area contributed by atoms with Crippen molar-refractivity contribution in [2.75, 3.05) is 11.4 Å². The minimum atomic E-state index is -0.351. The molecular formula is C12H13N3OS. The van der Waals surface area contributed by atoms with Crippen molar-refractivity contribution in [3.8, 4) is 0 Å². The average molecular weight is 247 g/mol. The maximum Gasteiger partial charge on any atom is 0.237 e. The van der Waals surface area contributed by atoms with Gasteiger partial charge in [0.05, 0.1) is 6.54 Å². The summed E-state index contributed by atoms with van der Waals surface area (Å²) in [7, 11) is 0. The lowest BCUT2D eigenvalue weighted by molar-refractivity contribution is -0.116. The molecule has 0 aliphatic heterocycles. The van der Waals surface area contributed by atoms with Crippen LogP contribution in [0.2, 0.25) is 0 Å². The molecule has 17 heavy (non-hydrogen) atoms. The Hall–Kier alpha value is -1.88. The molecule has 1 amide bonds. The van der Waals surface area contributed by atoms with Crippen molar-refractivity contribution in [1.82, 2.24) is 4.98 Å². The Morgan fingerprint density at radius 1 is 1.35 bits per heavy atom. The normalized spacial score (nSPS) is 10.1. The zero-order valence-electron chi connectivity index (χ0n) is 9.24. The van der Waals surface area contributed by atoms with Crippen molar-refractivity contribution in [3.63, 3.8) is 0 Å². The molecule has 1 aromatic carbocycles. The molecule has 0 atom stereocenters. The van der Waals surface area contributed by atoms with Crippen LogP contribution in [0, 0.1) is 0 Å². The lowest BCUT2D eigenvalue weighted by Crippen LogP contribution is -2.33. The van der Waals surface area contributed by atoms with Crippen molar-refractivity contribution in [3.05, 3.63) is 47.5 Å². The second kappa shape index (κ2) is 5.45. The van der Waals surface area contributed by atoms with E-state index in [9.17, 15) is 4.79 Å². The van der Waals surface area contributed by atoms with Crippen LogP contribution in [-0.2, 0) is 11.3 Å². The highest BCUT2D eigenvalue weighted by Gasteiger charge is 2.12. The van der Waals surface area contributed by atoms with Crippen LogP contribution in [-0.4, -0.2) is 17.4 Å². The van der Waals surface area contributed by atoms with Crippen LogP contribution in [0.5, 0.6) is 0 Å². The Morgan fingerprint density at radius 2 is 2.12 bits per heavy atom. The van der Waals surface area contributed by atoms with Gasteiger partial charge in [-0.1, -0.05) is 30.3 Å². The average Bonchev–Trinajstić information content (AvgIpc) is 2.82. The van der Waals surface area contributed by atoms with E-state index in [2.05, 4.69) is 4.98 Å². The molecule has 0 aliphatic carbocycles. The summed E-state index contributed by atoms with van der Waals surface area (Å²) in [5.41, 5.74) is 6.38. The Labute approximate surface area is 104 Å². The Morgan fingerprint density at radius 3 is 2.71 bits per heavy atom. The van der Waals surface area contributed by atoms with Gasteiger partial charge in [-0.3, -0.25) is 4.79 Å². The molecule has 1 aromatic heterocycles. The number of aromatic nitrogens is 1. The summed E-state index contributed by atoms with van der Waals surface area (Å²) in [4.78, 5) is 17.1. The van der Waals surface area contributed by atoms with Gasteiger partial charge in [-0.2, -0.15) is 0 Å². The first-order chi connectivity index (χ1) is 8.25. The Kier molecular flexibility index (Phi) is 3.72. The number of thiazole rings is 1. The molecule has 2 N–H and O–H groups in total. The first-order valence-corrected chi connectivity index (χ1v) is 6.10. The third-order valence-electron chi connectivity index (χ3n) is 2.25. The van der Waals surface area contributed by atoms with Gasteiger partial charge in [0.1, 0.15) is 0 Å². The van der Waals surface area contributed by atoms with Crippen molar-refractivity contribution in [1.29, 1.82) is 0 Å². The standard InChI is InChI=1S/C12H13N3OS/c13-11(16)9-15(12-14-6-7-17-12)8-10-4-2-1-3-5-10/h1-7H,8-9H2,(H2,13,16). The fraction of sp³-hybridized carbons (Fsp3) is 0.167. The summed E-state index contributed by atoms with van der Waals surface area (Å²) in [6.45, 7) is 0.819. The molecule has 1 heterocycles. The highest BCUT2D eigenvalue weighted by Crippen LogP contribution is 2.19. The minimum Gasteiger partial charge on any atom is -0.368 e. The molecule has 0 fully saturated rings. The summed E-state index contributed by atoms with van der Waals surface area (Å²) in [5.74, 6) is -0.351. The Balaban J connectivity index is 2.14. The quantitative estimate of drug-likeness (QED) is 0.873. The number of rotatable bonds is 5. The predicted octanol–water partition coefficient (Wildman–Crippen LogP) is 1.63. The molecule has 0 saturated heterocycles. The van der Waals surface area contributed by atoms with E-state index in [0.717, 1.165) is 10.7 Å². The second-order valence-electron chi connectivity index (χ2n) is 3.62. The number of nitrogens with two attached hydrogens (primary N) is 1. The van der Waals surface area contributed by atoms with E-state index in [1.807, 2.05) is 40.6 Å². The van der Waals surface area contributed by atoms with Gasteiger partial charge in [0.25, 0.3) is 0 Å². The molecule has 0 spiro atoms. The zero-order chi connectivity index (χ0) is 12.1. The van der Waals surface area contributed by atoms with Crippen LogP contribution in [0.1, 0.15) is 5.56 Å². The van der Waals surface area contributed by atoms with E-state index in [4.69, 9.17) is 5.73 Å². The molecule has 2 aromatic rings. The van der Waals surface area contributed by atoms with Crippen LogP contribution in [0.25, 0.3) is 0 Å². The molecule has 2 rings (SSSR count). The number of hydrogen-bond donors (Lipinski definition) is 1. The molecule has 88 valence electrons. The van der Waals surface area contributed by atoms with Gasteiger partial charge in [0, 0.05) is 18.1 Å². The number of benzene rings is 1. The monoisotopic (exact) mass is 247 g/mol. The van der Waals surface area contributed by atoms with Crippen LogP contribution < -0.4 is 10.6 Å². The summed E-state index contributed by atoms with van der Waals surface area (Å²) in [6.07, 6.45) is 1.72. The fourth-order valence-corrected chi connectivity index (χ4v) is 2.20. The Bertz CT molecular complexity index is 470. The molecule has 0 saturated carbocycles. The van der Waals surface area contributed by atoms with Gasteiger partial charge in [-0.25, -0.2) is 4.98 Å². The molecule has 0 unspecified atom stereocenters. The lowest BCUT2D eigenvalue weighted by Gasteiger charge is -2.20. The highest BCUT2D eigenvalue weighted by atomic mass is 32.1. The van der Waals surface area contributed by atoms with Gasteiger partial charge >= 0.3 is 0 Å². The van der Waals surface area contributed by atoms with E-state index < -0.39 is 0 Å². The summed E-state index contributed by atoms with van der Waals surface area (Å²) >= 11 is 1.50. The number of hydrogen-bond acceptors (Lipinski definition) is 4. The van der Waals surface area contributed by atoms with E-state index in [0.29, 0.717) is 6.54 Å². The number of carbonyl (C=O) groups excluding carboxylic acids is 1. The van der Waals surface area contributed by atoms with Gasteiger partial charge in [0.15, 0.2) is 5.13 Å². The number of primary amides is 1. The van der Waals surface area contributed by atoms with Crippen molar-refractivity contribution in [2.24, 2.45) is 5.73 Å². The zero-order valence-corrected chi connectivity index (χ0v) is 10.1. The number of anilines is 1. The summed E-state index contributed by atoms with van der Waals surface area (Å²) < 4.78 is 0. The fourth-order valence-electron chi connectivity index (χ4n) is 1.56. The number of amides is 1. The molecule has 5 heteroatoms. The molecule has 4 nitrogen and oxygen atoms in total. The van der Waals surface area contributed by atoms with E-state index in [1.54, 1.807) is 6.20 Å². The van der Waals surface area contributed by atoms with E-state index in [1.165, 1.54) is 11.3 Å². The van der Waals surface area contributed by atoms with Gasteiger partial charge in [-0.05, 0) is 5.56 Å². The van der Waals surface area contributed by atoms with Crippen molar-refractivity contribution in [2.45, 2.75) is 6.54 Å². The van der Waals surface area contributed by atoms with Crippen molar-refractivity contribution < 1.29 is 4.79 Å². The summed E-state index contributed by atoms with van der Waals surface area (Å²) in [6, 6.07) is 9.94. The summed E-state index contributed by atoms with van der Waals surface area (Å²) in [5, 5.41) is 2.70. The smallest absolute Gasteiger partial charge is 0.237 e. The topological polar surface area (TPSA) is 59.2 Å². The minimum absolute atomic E-state index is 0.183. The van der Waals surface area contributed by atoms with E-state index in [-0.39, 0.29) is 12.5 Å². The third kappa shape index (κ3) is 3.29. The van der Waals surface area contributed by atoms with Crippen LogP contribution in [0.4, 0.5) is 5.13 Å². The maximum absolute atomic E-state index is 11.1. The molecule has 0 aliphatic rings. The van der Waals surface area contributed by atoms with Gasteiger partial charge in [-0.15, -0.1) is 11.3 Å². The van der Waals surface area contributed by atoms with Crippen molar-refractivity contribution >= 4 is 22.4 Å². The number of carbonyl (C=O) groups is 1. The van der Waals surface area contributed by atoms with Crippen LogP contribution in [0.3, 0.4) is 0 Å². The number of nitrogens with zero attached hydrogens (tertiary/aromatic N) is 2. The largest absolute Gasteiger partial charge is 0.368 e. The SMILES string of the molecule is NC(=O)CN(Cc1ccccc1)c1nccs1. The van der Waals surface area contributed by atoms with Crippen LogP contribution >= 0.6 is 11.3 Å². The third-order valence-corrected chi connectivity index (χ3v) is 3.08. The molecule has 0 radical (unpaired) electrons. The first-order valence-electron chi connectivity index (χ1n) is 5.22. The highest BCUT2D eigenvalue weighted by molar-refractivity contribution is 7.13. The van der Waals surface area contributed by atoms with E-state index >= 15 is 0 Å². The van der Waals surface area contributed by atoms with Gasteiger partial charge in [0.2, 0.25) is 5.91 Å². The predicted molar refractivity (Wildman–Crippen MR) is 68.8 cm³/mol.